The maximum absolute atomic E-state index is 13.1. The van der Waals surface area contributed by atoms with Crippen molar-refractivity contribution in [3.8, 4) is 0 Å². The lowest BCUT2D eigenvalue weighted by molar-refractivity contribution is -0.118. The molecule has 0 fully saturated rings. The summed E-state index contributed by atoms with van der Waals surface area (Å²) in [4.78, 5) is 15.0. The van der Waals surface area contributed by atoms with Crippen LogP contribution in [0.3, 0.4) is 0 Å². The molecule has 3 aromatic rings. The molecular weight excluding hydrogens is 306 g/mol. The van der Waals surface area contributed by atoms with E-state index in [4.69, 9.17) is 0 Å². The average molecular weight is 327 g/mol. The molecule has 0 saturated carbocycles. The standard InChI is InChI=1S/C23H21NO/c1-16-13-19-15-22(25)24(20-11-7-4-8-12-20)23(21(19)14-17(16)2)18-9-5-3-6-10-18/h3-14,23H,15H2,1-2H3. The fourth-order valence-corrected chi connectivity index (χ4v) is 3.68. The summed E-state index contributed by atoms with van der Waals surface area (Å²) in [5, 5.41) is 0. The highest BCUT2D eigenvalue weighted by Gasteiger charge is 2.34. The van der Waals surface area contributed by atoms with Gasteiger partial charge in [0.05, 0.1) is 12.5 Å². The number of benzene rings is 3. The molecule has 1 amide bonds. The zero-order valence-corrected chi connectivity index (χ0v) is 14.6. The number of rotatable bonds is 2. The van der Waals surface area contributed by atoms with Gasteiger partial charge in [-0.25, -0.2) is 0 Å². The number of hydrogen-bond donors (Lipinski definition) is 0. The summed E-state index contributed by atoms with van der Waals surface area (Å²) in [5.41, 5.74) is 6.98. The minimum Gasteiger partial charge on any atom is -0.300 e. The van der Waals surface area contributed by atoms with E-state index in [2.05, 4.69) is 38.1 Å². The second kappa shape index (κ2) is 6.21. The van der Waals surface area contributed by atoms with Crippen LogP contribution in [0.1, 0.15) is 33.9 Å². The maximum atomic E-state index is 13.1. The summed E-state index contributed by atoms with van der Waals surface area (Å²) < 4.78 is 0. The molecule has 0 bridgehead atoms. The van der Waals surface area contributed by atoms with E-state index >= 15 is 0 Å². The van der Waals surface area contributed by atoms with Crippen molar-refractivity contribution in [2.24, 2.45) is 0 Å². The molecule has 2 heteroatoms. The first-order valence-electron chi connectivity index (χ1n) is 8.67. The second-order valence-corrected chi connectivity index (χ2v) is 6.72. The minimum atomic E-state index is -0.0841. The Kier molecular flexibility index (Phi) is 3.89. The highest BCUT2D eigenvalue weighted by Crippen LogP contribution is 2.39. The van der Waals surface area contributed by atoms with Crippen LogP contribution in [0.5, 0.6) is 0 Å². The average Bonchev–Trinajstić information content (AvgIpc) is 2.64. The predicted molar refractivity (Wildman–Crippen MR) is 102 cm³/mol. The minimum absolute atomic E-state index is 0.0841. The van der Waals surface area contributed by atoms with E-state index in [1.165, 1.54) is 16.7 Å². The Morgan fingerprint density at radius 3 is 2.12 bits per heavy atom. The number of hydrogen-bond acceptors (Lipinski definition) is 1. The van der Waals surface area contributed by atoms with Gasteiger partial charge < -0.3 is 4.90 Å². The van der Waals surface area contributed by atoms with Gasteiger partial charge in [-0.15, -0.1) is 0 Å². The number of aryl methyl sites for hydroxylation is 2. The zero-order chi connectivity index (χ0) is 17.4. The van der Waals surface area contributed by atoms with Gasteiger partial charge in [0.15, 0.2) is 0 Å². The summed E-state index contributed by atoms with van der Waals surface area (Å²) in [5.74, 6) is 0.149. The molecule has 1 aliphatic rings. The van der Waals surface area contributed by atoms with Gasteiger partial charge in [-0.2, -0.15) is 0 Å². The molecule has 4 rings (SSSR count). The predicted octanol–water partition coefficient (Wildman–Crippen LogP) is 4.98. The van der Waals surface area contributed by atoms with Crippen LogP contribution in [0, 0.1) is 13.8 Å². The first kappa shape index (κ1) is 15.6. The van der Waals surface area contributed by atoms with Crippen molar-refractivity contribution in [3.05, 3.63) is 101 Å². The lowest BCUT2D eigenvalue weighted by Crippen LogP contribution is -2.41. The van der Waals surface area contributed by atoms with Crippen molar-refractivity contribution in [1.82, 2.24) is 0 Å². The number of para-hydroxylation sites is 1. The van der Waals surface area contributed by atoms with Gasteiger partial charge in [0.2, 0.25) is 5.91 Å². The Labute approximate surface area is 148 Å². The van der Waals surface area contributed by atoms with Crippen molar-refractivity contribution < 1.29 is 4.79 Å². The molecule has 0 aliphatic carbocycles. The Bertz CT molecular complexity index is 916. The summed E-state index contributed by atoms with van der Waals surface area (Å²) >= 11 is 0. The maximum Gasteiger partial charge on any atom is 0.232 e. The van der Waals surface area contributed by atoms with Gasteiger partial charge in [0.1, 0.15) is 0 Å². The summed E-state index contributed by atoms with van der Waals surface area (Å²) in [6.45, 7) is 4.25. The van der Waals surface area contributed by atoms with Crippen molar-refractivity contribution in [2.75, 3.05) is 4.90 Å². The van der Waals surface area contributed by atoms with E-state index in [0.29, 0.717) is 6.42 Å². The Balaban J connectivity index is 1.95. The molecule has 124 valence electrons. The number of nitrogens with zero attached hydrogens (tertiary/aromatic N) is 1. The van der Waals surface area contributed by atoms with Gasteiger partial charge in [0, 0.05) is 5.69 Å². The monoisotopic (exact) mass is 327 g/mol. The van der Waals surface area contributed by atoms with Crippen LogP contribution >= 0.6 is 0 Å². The van der Waals surface area contributed by atoms with Crippen LogP contribution in [0.15, 0.2) is 72.8 Å². The number of amides is 1. The van der Waals surface area contributed by atoms with Crippen LogP contribution in [0.25, 0.3) is 0 Å². The molecule has 1 aliphatic heterocycles. The highest BCUT2D eigenvalue weighted by atomic mass is 16.2. The molecule has 1 atom stereocenters. The van der Waals surface area contributed by atoms with Crippen LogP contribution in [-0.4, -0.2) is 5.91 Å². The quantitative estimate of drug-likeness (QED) is 0.650. The summed E-state index contributed by atoms with van der Waals surface area (Å²) in [6.07, 6.45) is 0.453. The Morgan fingerprint density at radius 1 is 0.840 bits per heavy atom. The largest absolute Gasteiger partial charge is 0.300 e. The van der Waals surface area contributed by atoms with Crippen LogP contribution in [0.4, 0.5) is 5.69 Å². The molecule has 25 heavy (non-hydrogen) atoms. The van der Waals surface area contributed by atoms with Crippen LogP contribution < -0.4 is 4.90 Å². The Morgan fingerprint density at radius 2 is 1.44 bits per heavy atom. The van der Waals surface area contributed by atoms with Crippen molar-refractivity contribution >= 4 is 11.6 Å². The smallest absolute Gasteiger partial charge is 0.232 e. The van der Waals surface area contributed by atoms with Gasteiger partial charge in [-0.3, -0.25) is 4.79 Å². The van der Waals surface area contributed by atoms with E-state index in [1.54, 1.807) is 0 Å². The van der Waals surface area contributed by atoms with E-state index in [1.807, 2.05) is 53.4 Å². The zero-order valence-electron chi connectivity index (χ0n) is 14.6. The van der Waals surface area contributed by atoms with Crippen molar-refractivity contribution in [2.45, 2.75) is 26.3 Å². The molecule has 0 spiro atoms. The molecule has 0 radical (unpaired) electrons. The van der Waals surface area contributed by atoms with Gasteiger partial charge >= 0.3 is 0 Å². The molecule has 1 heterocycles. The van der Waals surface area contributed by atoms with E-state index in [9.17, 15) is 4.79 Å². The molecule has 0 N–H and O–H groups in total. The van der Waals surface area contributed by atoms with Gasteiger partial charge in [-0.1, -0.05) is 60.7 Å². The fourth-order valence-electron chi connectivity index (χ4n) is 3.68. The van der Waals surface area contributed by atoms with E-state index in [0.717, 1.165) is 16.8 Å². The third-order valence-corrected chi connectivity index (χ3v) is 5.07. The lowest BCUT2D eigenvalue weighted by atomic mass is 9.85. The molecular formula is C23H21NO. The van der Waals surface area contributed by atoms with Crippen LogP contribution in [-0.2, 0) is 11.2 Å². The lowest BCUT2D eigenvalue weighted by Gasteiger charge is -2.38. The van der Waals surface area contributed by atoms with E-state index in [-0.39, 0.29) is 11.9 Å². The normalized spacial score (nSPS) is 16.6. The third kappa shape index (κ3) is 2.74. The topological polar surface area (TPSA) is 20.3 Å². The molecule has 3 aromatic carbocycles. The number of fused-ring (bicyclic) bond motifs is 1. The molecule has 0 saturated heterocycles. The third-order valence-electron chi connectivity index (χ3n) is 5.07. The second-order valence-electron chi connectivity index (χ2n) is 6.72. The van der Waals surface area contributed by atoms with Crippen molar-refractivity contribution in [1.29, 1.82) is 0 Å². The summed E-state index contributed by atoms with van der Waals surface area (Å²) in [6, 6.07) is 24.7. The summed E-state index contributed by atoms with van der Waals surface area (Å²) in [7, 11) is 0. The van der Waals surface area contributed by atoms with Crippen LogP contribution in [0.2, 0.25) is 0 Å². The van der Waals surface area contributed by atoms with Gasteiger partial charge in [-0.05, 0) is 53.8 Å². The molecule has 2 nitrogen and oxygen atoms in total. The van der Waals surface area contributed by atoms with Gasteiger partial charge in [0.25, 0.3) is 0 Å². The SMILES string of the molecule is Cc1cc2c(cc1C)C(c1ccccc1)N(c1ccccc1)C(=O)C2. The Hall–Kier alpha value is -2.87. The van der Waals surface area contributed by atoms with Crippen molar-refractivity contribution in [3.63, 3.8) is 0 Å². The fraction of sp³-hybridized carbons (Fsp3) is 0.174. The number of carbonyl (C=O) groups is 1. The number of carbonyl (C=O) groups excluding carboxylic acids is 1. The first-order chi connectivity index (χ1) is 12.1. The highest BCUT2D eigenvalue weighted by molar-refractivity contribution is 5.98. The molecule has 0 aromatic heterocycles. The first-order valence-corrected chi connectivity index (χ1v) is 8.67. The van der Waals surface area contributed by atoms with E-state index < -0.39 is 0 Å². The number of anilines is 1. The molecule has 1 unspecified atom stereocenters.